The highest BCUT2D eigenvalue weighted by molar-refractivity contribution is 5.95. The average molecular weight is 379 g/mol. The normalized spacial score (nSPS) is 35.6. The molecule has 4 atom stereocenters. The molecule has 0 aromatic carbocycles. The Balaban J connectivity index is 1.85. The van der Waals surface area contributed by atoms with Crippen LogP contribution in [-0.4, -0.2) is 77.2 Å². The Hall–Kier alpha value is -2.09. The van der Waals surface area contributed by atoms with Gasteiger partial charge in [0, 0.05) is 32.5 Å². The van der Waals surface area contributed by atoms with Crippen molar-refractivity contribution in [3.63, 3.8) is 0 Å². The predicted molar refractivity (Wildman–Crippen MR) is 97.7 cm³/mol. The van der Waals surface area contributed by atoms with E-state index in [-0.39, 0.29) is 31.5 Å². The van der Waals surface area contributed by atoms with Gasteiger partial charge in [0.1, 0.15) is 11.6 Å². The van der Waals surface area contributed by atoms with E-state index in [2.05, 4.69) is 5.32 Å². The van der Waals surface area contributed by atoms with Gasteiger partial charge in [-0.3, -0.25) is 4.79 Å². The molecule has 1 aliphatic carbocycles. The van der Waals surface area contributed by atoms with E-state index in [4.69, 9.17) is 4.74 Å². The van der Waals surface area contributed by atoms with Crippen LogP contribution < -0.4 is 5.32 Å². The van der Waals surface area contributed by atoms with Crippen LogP contribution in [0.4, 0.5) is 4.79 Å². The Labute approximate surface area is 159 Å². The molecule has 2 aliphatic heterocycles. The number of rotatable bonds is 2. The van der Waals surface area contributed by atoms with Crippen LogP contribution in [0.15, 0.2) is 12.2 Å². The minimum absolute atomic E-state index is 0.0957. The summed E-state index contributed by atoms with van der Waals surface area (Å²) >= 11 is 0. The Morgan fingerprint density at radius 2 is 2.19 bits per heavy atom. The highest BCUT2D eigenvalue weighted by Gasteiger charge is 2.62. The van der Waals surface area contributed by atoms with Crippen molar-refractivity contribution in [1.29, 1.82) is 0 Å². The van der Waals surface area contributed by atoms with E-state index in [1.807, 2.05) is 12.2 Å². The summed E-state index contributed by atoms with van der Waals surface area (Å²) in [6.07, 6.45) is 6.59. The van der Waals surface area contributed by atoms with Gasteiger partial charge in [0.05, 0.1) is 12.7 Å². The third-order valence-corrected chi connectivity index (χ3v) is 5.64. The number of aliphatic hydroxyl groups is 1. The summed E-state index contributed by atoms with van der Waals surface area (Å²) in [6.45, 7) is 2.70. The highest BCUT2D eigenvalue weighted by Crippen LogP contribution is 2.46. The first-order valence-corrected chi connectivity index (χ1v) is 9.74. The number of amides is 3. The van der Waals surface area contributed by atoms with Gasteiger partial charge in [-0.25, -0.2) is 9.59 Å². The molecular weight excluding hydrogens is 350 g/mol. The van der Waals surface area contributed by atoms with E-state index < -0.39 is 29.6 Å². The molecule has 0 aromatic rings. The van der Waals surface area contributed by atoms with Gasteiger partial charge in [0.25, 0.3) is 0 Å². The maximum absolute atomic E-state index is 12.9. The number of allylic oxidation sites excluding steroid dienone is 1. The zero-order valence-corrected chi connectivity index (χ0v) is 16.0. The molecular formula is C19H29N3O5. The third-order valence-electron chi connectivity index (χ3n) is 5.64. The van der Waals surface area contributed by atoms with Crippen LogP contribution in [-0.2, 0) is 14.3 Å². The number of urea groups is 1. The molecule has 3 amide bonds. The predicted octanol–water partition coefficient (Wildman–Crippen LogP) is 0.652. The number of nitrogens with zero attached hydrogens (tertiary/aromatic N) is 2. The van der Waals surface area contributed by atoms with Crippen LogP contribution >= 0.6 is 0 Å². The first-order valence-electron chi connectivity index (χ1n) is 9.74. The van der Waals surface area contributed by atoms with Crippen molar-refractivity contribution in [2.45, 2.75) is 56.7 Å². The quantitative estimate of drug-likeness (QED) is 0.542. The molecule has 3 aliphatic rings. The number of hydrogen-bond donors (Lipinski definition) is 2. The van der Waals surface area contributed by atoms with Crippen molar-refractivity contribution in [3.05, 3.63) is 12.2 Å². The molecule has 2 fully saturated rings. The maximum Gasteiger partial charge on any atom is 0.332 e. The molecule has 2 N–H and O–H groups in total. The summed E-state index contributed by atoms with van der Waals surface area (Å²) < 4.78 is 5.19. The highest BCUT2D eigenvalue weighted by atomic mass is 16.5. The molecule has 1 saturated heterocycles. The Morgan fingerprint density at radius 3 is 2.93 bits per heavy atom. The zero-order valence-electron chi connectivity index (χ0n) is 16.0. The molecule has 0 aromatic heterocycles. The largest absolute Gasteiger partial charge is 0.464 e. The number of fused-ring (bicyclic) bond motifs is 2. The lowest BCUT2D eigenvalue weighted by atomic mass is 10.1. The van der Waals surface area contributed by atoms with Crippen molar-refractivity contribution in [2.24, 2.45) is 5.92 Å². The van der Waals surface area contributed by atoms with Crippen LogP contribution in [0.1, 0.15) is 39.0 Å². The summed E-state index contributed by atoms with van der Waals surface area (Å²) in [6, 6.07) is -1.05. The van der Waals surface area contributed by atoms with E-state index in [0.717, 1.165) is 19.3 Å². The topological polar surface area (TPSA) is 99.2 Å². The van der Waals surface area contributed by atoms with Crippen molar-refractivity contribution in [2.75, 3.05) is 26.7 Å². The Bertz CT molecular complexity index is 637. The maximum atomic E-state index is 12.9. The fourth-order valence-electron chi connectivity index (χ4n) is 3.97. The van der Waals surface area contributed by atoms with Crippen LogP contribution in [0.2, 0.25) is 0 Å². The standard InChI is InChI=1S/C19H29N3O5/c1-3-27-17(25)19-11-13(19)8-6-4-5-7-9-21(2)18(26)22-12-14(23)10-15(22)16(24)20-19/h6,8,13-15,23H,3-5,7,9-12H2,1-2H3,(H,20,24)/b8-6-/t13-,14+,15+,19-/m1/s1. The van der Waals surface area contributed by atoms with Gasteiger partial charge < -0.3 is 25.0 Å². The molecule has 1 saturated carbocycles. The van der Waals surface area contributed by atoms with Crippen LogP contribution in [0.3, 0.4) is 0 Å². The number of aliphatic hydroxyl groups excluding tert-OH is 1. The van der Waals surface area contributed by atoms with Crippen LogP contribution in [0, 0.1) is 5.92 Å². The molecule has 0 bridgehead atoms. The average Bonchev–Trinajstić information content (AvgIpc) is 3.18. The Morgan fingerprint density at radius 1 is 1.41 bits per heavy atom. The molecule has 150 valence electrons. The number of esters is 1. The summed E-state index contributed by atoms with van der Waals surface area (Å²) in [7, 11) is 1.71. The molecule has 8 heteroatoms. The number of carbonyl (C=O) groups is 3. The fraction of sp³-hybridized carbons (Fsp3) is 0.737. The summed E-state index contributed by atoms with van der Waals surface area (Å²) in [4.78, 5) is 41.2. The second-order valence-electron chi connectivity index (χ2n) is 7.68. The van der Waals surface area contributed by atoms with Gasteiger partial charge in [-0.05, 0) is 32.6 Å². The van der Waals surface area contributed by atoms with Gasteiger partial charge in [0.15, 0.2) is 0 Å². The van der Waals surface area contributed by atoms with E-state index in [1.165, 1.54) is 4.90 Å². The second kappa shape index (κ2) is 7.88. The molecule has 8 nitrogen and oxygen atoms in total. The van der Waals surface area contributed by atoms with Gasteiger partial charge in [-0.15, -0.1) is 0 Å². The number of ether oxygens (including phenoxy) is 1. The van der Waals surface area contributed by atoms with Crippen molar-refractivity contribution in [3.8, 4) is 0 Å². The van der Waals surface area contributed by atoms with Crippen LogP contribution in [0.25, 0.3) is 0 Å². The fourth-order valence-corrected chi connectivity index (χ4v) is 3.97. The second-order valence-corrected chi connectivity index (χ2v) is 7.68. The third kappa shape index (κ3) is 3.95. The lowest BCUT2D eigenvalue weighted by Crippen LogP contribution is -2.55. The minimum Gasteiger partial charge on any atom is -0.464 e. The molecule has 3 rings (SSSR count). The lowest BCUT2D eigenvalue weighted by Gasteiger charge is -2.30. The molecule has 0 unspecified atom stereocenters. The van der Waals surface area contributed by atoms with Gasteiger partial charge in [0.2, 0.25) is 5.91 Å². The number of hydrogen-bond acceptors (Lipinski definition) is 5. The molecule has 0 spiro atoms. The SMILES string of the molecule is CCOC(=O)[C@@]12C[C@H]1/C=C\CCCCN(C)C(=O)N1C[C@@H](O)C[C@H]1C(=O)N2. The van der Waals surface area contributed by atoms with E-state index in [0.29, 0.717) is 13.0 Å². The van der Waals surface area contributed by atoms with Crippen molar-refractivity contribution >= 4 is 17.9 Å². The zero-order chi connectivity index (χ0) is 19.6. The summed E-state index contributed by atoms with van der Waals surface area (Å²) in [5.74, 6) is -0.940. The monoisotopic (exact) mass is 379 g/mol. The molecule has 2 heterocycles. The van der Waals surface area contributed by atoms with Gasteiger partial charge in [-0.1, -0.05) is 12.2 Å². The van der Waals surface area contributed by atoms with Crippen LogP contribution in [0.5, 0.6) is 0 Å². The number of carbonyl (C=O) groups excluding carboxylic acids is 3. The smallest absolute Gasteiger partial charge is 0.332 e. The first kappa shape index (κ1) is 19.7. The minimum atomic E-state index is -1.05. The summed E-state index contributed by atoms with van der Waals surface area (Å²) in [5.41, 5.74) is -1.05. The lowest BCUT2D eigenvalue weighted by molar-refractivity contribution is -0.149. The van der Waals surface area contributed by atoms with Gasteiger partial charge >= 0.3 is 12.0 Å². The van der Waals surface area contributed by atoms with E-state index >= 15 is 0 Å². The van der Waals surface area contributed by atoms with E-state index in [1.54, 1.807) is 18.9 Å². The van der Waals surface area contributed by atoms with Crippen molar-refractivity contribution in [1.82, 2.24) is 15.1 Å². The van der Waals surface area contributed by atoms with E-state index in [9.17, 15) is 19.5 Å². The molecule has 0 radical (unpaired) electrons. The first-order chi connectivity index (χ1) is 12.9. The summed E-state index contributed by atoms with van der Waals surface area (Å²) in [5, 5.41) is 12.9. The number of nitrogens with one attached hydrogen (secondary N) is 1. The van der Waals surface area contributed by atoms with Gasteiger partial charge in [-0.2, -0.15) is 0 Å². The molecule has 27 heavy (non-hydrogen) atoms. The Kier molecular flexibility index (Phi) is 5.74. The van der Waals surface area contributed by atoms with Crippen molar-refractivity contribution < 1.29 is 24.2 Å².